The molecule has 0 heterocycles. The van der Waals surface area contributed by atoms with E-state index in [9.17, 15) is 24.3 Å². The minimum atomic E-state index is -1.31. The van der Waals surface area contributed by atoms with Crippen molar-refractivity contribution >= 4 is 23.9 Å². The Bertz CT molecular complexity index is 930. The lowest BCUT2D eigenvalue weighted by molar-refractivity contribution is -0.149. The number of carbonyl (C=O) groups excluding carboxylic acids is 3. The number of hydrogen-bond donors (Lipinski definition) is 2. The van der Waals surface area contributed by atoms with Crippen LogP contribution in [0.1, 0.15) is 117 Å². The number of carbonyl (C=O) groups is 4. The second-order valence-corrected chi connectivity index (χ2v) is 10.5. The molecule has 0 fully saturated rings. The number of ether oxygens (including phenoxy) is 3. The Balaban J connectivity index is 3.22. The van der Waals surface area contributed by atoms with Crippen LogP contribution in [0.3, 0.4) is 0 Å². The van der Waals surface area contributed by atoms with Gasteiger partial charge in [0.15, 0.2) is 11.5 Å². The Morgan fingerprint density at radius 1 is 0.821 bits per heavy atom. The summed E-state index contributed by atoms with van der Waals surface area (Å²) >= 11 is 0. The molecule has 3 N–H and O–H groups in total. The maximum atomic E-state index is 12.5. The molecular formula is C30H47NO8. The Labute approximate surface area is 232 Å². The standard InChI is InChI=1S/C30H47NO8/c1-6-8-10-12-26(32)38-24-16-15-22(19-25(24)39-27(33)13-11-9-7-2)23(29(31)30(35)36)18-21(5)37-28(34)17-14-20(3)4/h15-16,19-21,23,29H,6-14,17-18,31H2,1-5H3,(H,35,36)/t21?,23?,29-/m0/s1. The summed E-state index contributed by atoms with van der Waals surface area (Å²) in [6, 6.07) is 3.27. The Morgan fingerprint density at radius 3 is 1.90 bits per heavy atom. The minimum absolute atomic E-state index is 0.0296. The minimum Gasteiger partial charge on any atom is -0.480 e. The van der Waals surface area contributed by atoms with Crippen molar-refractivity contribution in [2.75, 3.05) is 0 Å². The lowest BCUT2D eigenvalue weighted by atomic mass is 9.87. The van der Waals surface area contributed by atoms with Crippen molar-refractivity contribution in [1.29, 1.82) is 0 Å². The zero-order valence-electron chi connectivity index (χ0n) is 24.2. The molecule has 220 valence electrons. The van der Waals surface area contributed by atoms with Crippen molar-refractivity contribution in [3.8, 4) is 11.5 Å². The molecule has 0 radical (unpaired) electrons. The Morgan fingerprint density at radius 2 is 1.38 bits per heavy atom. The molecule has 0 aliphatic carbocycles. The molecule has 39 heavy (non-hydrogen) atoms. The summed E-state index contributed by atoms with van der Waals surface area (Å²) < 4.78 is 16.6. The van der Waals surface area contributed by atoms with Gasteiger partial charge >= 0.3 is 23.9 Å². The lowest BCUT2D eigenvalue weighted by Crippen LogP contribution is -2.38. The van der Waals surface area contributed by atoms with Crippen LogP contribution in [0.4, 0.5) is 0 Å². The second-order valence-electron chi connectivity index (χ2n) is 10.5. The molecule has 1 aromatic carbocycles. The molecule has 3 atom stereocenters. The maximum absolute atomic E-state index is 12.5. The average Bonchev–Trinajstić information content (AvgIpc) is 2.87. The number of carboxylic acids is 1. The highest BCUT2D eigenvalue weighted by Crippen LogP contribution is 2.35. The summed E-state index contributed by atoms with van der Waals surface area (Å²) in [6.07, 6.45) is 5.93. The highest BCUT2D eigenvalue weighted by molar-refractivity contribution is 5.77. The molecule has 2 unspecified atom stereocenters. The van der Waals surface area contributed by atoms with E-state index in [1.165, 1.54) is 12.1 Å². The fraction of sp³-hybridized carbons (Fsp3) is 0.667. The van der Waals surface area contributed by atoms with Crippen LogP contribution in [0.25, 0.3) is 0 Å². The lowest BCUT2D eigenvalue weighted by Gasteiger charge is -2.25. The summed E-state index contributed by atoms with van der Waals surface area (Å²) in [6.45, 7) is 9.78. The van der Waals surface area contributed by atoms with Crippen molar-refractivity contribution in [3.05, 3.63) is 23.8 Å². The molecule has 1 aromatic rings. The number of nitrogens with two attached hydrogens (primary N) is 1. The third-order valence-electron chi connectivity index (χ3n) is 6.38. The van der Waals surface area contributed by atoms with Gasteiger partial charge in [0.05, 0.1) is 6.10 Å². The van der Waals surface area contributed by atoms with Crippen molar-refractivity contribution in [1.82, 2.24) is 0 Å². The van der Waals surface area contributed by atoms with Crippen LogP contribution in [0.5, 0.6) is 11.5 Å². The van der Waals surface area contributed by atoms with Gasteiger partial charge < -0.3 is 25.1 Å². The van der Waals surface area contributed by atoms with E-state index in [1.807, 2.05) is 27.7 Å². The van der Waals surface area contributed by atoms with Gasteiger partial charge in [-0.25, -0.2) is 0 Å². The van der Waals surface area contributed by atoms with E-state index in [1.54, 1.807) is 13.0 Å². The average molecular weight is 550 g/mol. The maximum Gasteiger partial charge on any atom is 0.321 e. The second kappa shape index (κ2) is 18.4. The number of hydrogen-bond acceptors (Lipinski definition) is 8. The third-order valence-corrected chi connectivity index (χ3v) is 6.38. The van der Waals surface area contributed by atoms with Gasteiger partial charge in [0.25, 0.3) is 0 Å². The molecular weight excluding hydrogens is 502 g/mol. The van der Waals surface area contributed by atoms with Gasteiger partial charge in [-0.2, -0.15) is 0 Å². The molecule has 1 rings (SSSR count). The first-order valence-electron chi connectivity index (χ1n) is 14.2. The molecule has 0 amide bonds. The van der Waals surface area contributed by atoms with Gasteiger partial charge in [-0.05, 0) is 56.2 Å². The van der Waals surface area contributed by atoms with E-state index < -0.39 is 36.0 Å². The fourth-order valence-corrected chi connectivity index (χ4v) is 4.06. The SMILES string of the molecule is CCCCCC(=O)Oc1ccc(C(CC(C)OC(=O)CCC(C)C)[C@H](N)C(=O)O)cc1OC(=O)CCCCC. The van der Waals surface area contributed by atoms with E-state index in [0.29, 0.717) is 30.7 Å². The molecule has 0 spiro atoms. The van der Waals surface area contributed by atoms with Gasteiger partial charge in [0.2, 0.25) is 0 Å². The van der Waals surface area contributed by atoms with E-state index in [-0.39, 0.29) is 43.2 Å². The van der Waals surface area contributed by atoms with E-state index in [0.717, 1.165) is 25.7 Å². The highest BCUT2D eigenvalue weighted by Gasteiger charge is 2.30. The van der Waals surface area contributed by atoms with Gasteiger partial charge in [0.1, 0.15) is 6.04 Å². The smallest absolute Gasteiger partial charge is 0.321 e. The molecule has 0 aliphatic rings. The van der Waals surface area contributed by atoms with Crippen LogP contribution in [0.15, 0.2) is 18.2 Å². The van der Waals surface area contributed by atoms with E-state index in [2.05, 4.69) is 0 Å². The fourth-order valence-electron chi connectivity index (χ4n) is 4.06. The highest BCUT2D eigenvalue weighted by atomic mass is 16.6. The van der Waals surface area contributed by atoms with Gasteiger partial charge in [0, 0.05) is 25.2 Å². The number of carboxylic acid groups (broad SMARTS) is 1. The van der Waals surface area contributed by atoms with Crippen LogP contribution in [-0.4, -0.2) is 41.1 Å². The summed E-state index contributed by atoms with van der Waals surface area (Å²) in [5, 5.41) is 9.68. The largest absolute Gasteiger partial charge is 0.480 e. The van der Waals surface area contributed by atoms with E-state index in [4.69, 9.17) is 19.9 Å². The number of unbranched alkanes of at least 4 members (excludes halogenated alkanes) is 4. The van der Waals surface area contributed by atoms with Gasteiger partial charge in [-0.15, -0.1) is 0 Å². The molecule has 0 bridgehead atoms. The Hall–Kier alpha value is -2.94. The van der Waals surface area contributed by atoms with Crippen LogP contribution >= 0.6 is 0 Å². The number of aliphatic carboxylic acids is 1. The monoisotopic (exact) mass is 549 g/mol. The topological polar surface area (TPSA) is 142 Å². The Kier molecular flexibility index (Phi) is 16.1. The summed E-state index contributed by atoms with van der Waals surface area (Å²) in [5.74, 6) is -2.79. The number of esters is 3. The molecule has 0 saturated carbocycles. The molecule has 0 saturated heterocycles. The molecule has 9 nitrogen and oxygen atoms in total. The summed E-state index contributed by atoms with van der Waals surface area (Å²) in [5.41, 5.74) is 6.53. The number of benzene rings is 1. The van der Waals surface area contributed by atoms with Crippen LogP contribution in [0.2, 0.25) is 0 Å². The molecule has 0 aliphatic heterocycles. The quantitative estimate of drug-likeness (QED) is 0.122. The van der Waals surface area contributed by atoms with Crippen molar-refractivity contribution in [2.24, 2.45) is 11.7 Å². The molecule has 0 aromatic heterocycles. The summed E-state index contributed by atoms with van der Waals surface area (Å²) in [4.78, 5) is 49.0. The van der Waals surface area contributed by atoms with Crippen LogP contribution < -0.4 is 15.2 Å². The third kappa shape index (κ3) is 13.6. The van der Waals surface area contributed by atoms with Crippen LogP contribution in [-0.2, 0) is 23.9 Å². The van der Waals surface area contributed by atoms with E-state index >= 15 is 0 Å². The normalized spacial score (nSPS) is 13.4. The van der Waals surface area contributed by atoms with Crippen molar-refractivity contribution in [2.45, 2.75) is 123 Å². The number of rotatable bonds is 19. The van der Waals surface area contributed by atoms with Crippen molar-refractivity contribution in [3.63, 3.8) is 0 Å². The van der Waals surface area contributed by atoms with Crippen molar-refractivity contribution < 1.29 is 38.5 Å². The zero-order chi connectivity index (χ0) is 29.4. The first-order valence-corrected chi connectivity index (χ1v) is 14.2. The zero-order valence-corrected chi connectivity index (χ0v) is 24.2. The first kappa shape index (κ1) is 34.1. The molecule has 9 heteroatoms. The summed E-state index contributed by atoms with van der Waals surface area (Å²) in [7, 11) is 0. The van der Waals surface area contributed by atoms with Gasteiger partial charge in [-0.3, -0.25) is 19.2 Å². The first-order chi connectivity index (χ1) is 18.5. The predicted molar refractivity (Wildman–Crippen MR) is 149 cm³/mol. The predicted octanol–water partition coefficient (Wildman–Crippen LogP) is 5.91. The van der Waals surface area contributed by atoms with Gasteiger partial charge in [-0.1, -0.05) is 59.4 Å². The van der Waals surface area contributed by atoms with Crippen LogP contribution in [0, 0.1) is 5.92 Å².